The highest BCUT2D eigenvalue weighted by molar-refractivity contribution is 7.90. The summed E-state index contributed by atoms with van der Waals surface area (Å²) in [4.78, 5) is 26.4. The molecule has 0 heterocycles. The number of carbonyl (C=O) groups is 2. The van der Waals surface area contributed by atoms with Crippen LogP contribution in [0, 0.1) is 0 Å². The molecule has 0 N–H and O–H groups in total. The Labute approximate surface area is 118 Å². The zero-order chi connectivity index (χ0) is 15.5. The predicted octanol–water partition coefficient (Wildman–Crippen LogP) is 0.250. The van der Waals surface area contributed by atoms with Gasteiger partial charge in [0.05, 0.1) is 11.4 Å². The Morgan fingerprint density at radius 2 is 1.55 bits per heavy atom. The van der Waals surface area contributed by atoms with E-state index in [4.69, 9.17) is 0 Å². The summed E-state index contributed by atoms with van der Waals surface area (Å²) < 4.78 is 22.6. The Hall–Kier alpha value is -1.89. The van der Waals surface area contributed by atoms with Gasteiger partial charge in [0.2, 0.25) is 5.91 Å². The molecule has 0 aliphatic carbocycles. The van der Waals surface area contributed by atoms with E-state index in [2.05, 4.69) is 0 Å². The van der Waals surface area contributed by atoms with Gasteiger partial charge in [0.15, 0.2) is 9.84 Å². The van der Waals surface area contributed by atoms with Gasteiger partial charge >= 0.3 is 0 Å². The van der Waals surface area contributed by atoms with Gasteiger partial charge in [-0.15, -0.1) is 0 Å². The van der Waals surface area contributed by atoms with Crippen LogP contribution in [0.2, 0.25) is 0 Å². The van der Waals surface area contributed by atoms with Crippen molar-refractivity contribution in [2.24, 2.45) is 0 Å². The van der Waals surface area contributed by atoms with Crippen molar-refractivity contribution < 1.29 is 18.0 Å². The molecular weight excluding hydrogens is 280 g/mol. The van der Waals surface area contributed by atoms with Crippen molar-refractivity contribution >= 4 is 21.7 Å². The number of benzene rings is 1. The fourth-order valence-electron chi connectivity index (χ4n) is 1.48. The molecule has 2 amide bonds. The molecule has 20 heavy (non-hydrogen) atoms. The second-order valence-corrected chi connectivity index (χ2v) is 6.76. The van der Waals surface area contributed by atoms with Crippen molar-refractivity contribution in [3.63, 3.8) is 0 Å². The Balaban J connectivity index is 2.85. The zero-order valence-electron chi connectivity index (χ0n) is 12.0. The topological polar surface area (TPSA) is 74.8 Å². The van der Waals surface area contributed by atoms with Gasteiger partial charge in [-0.05, 0) is 24.3 Å². The first-order chi connectivity index (χ1) is 9.12. The smallest absolute Gasteiger partial charge is 0.254 e. The van der Waals surface area contributed by atoms with Crippen molar-refractivity contribution in [3.05, 3.63) is 29.8 Å². The van der Waals surface area contributed by atoms with Crippen molar-refractivity contribution in [2.45, 2.75) is 4.90 Å². The van der Waals surface area contributed by atoms with Gasteiger partial charge in [-0.1, -0.05) is 0 Å². The zero-order valence-corrected chi connectivity index (χ0v) is 12.8. The average Bonchev–Trinajstić information content (AvgIpc) is 2.36. The van der Waals surface area contributed by atoms with Crippen LogP contribution in [-0.4, -0.2) is 64.0 Å². The molecule has 0 spiro atoms. The summed E-state index contributed by atoms with van der Waals surface area (Å²) in [5.41, 5.74) is 0.339. The van der Waals surface area contributed by atoms with E-state index in [1.54, 1.807) is 14.1 Å². The second-order valence-electron chi connectivity index (χ2n) is 4.75. The third kappa shape index (κ3) is 4.06. The number of nitrogens with zero attached hydrogens (tertiary/aromatic N) is 2. The molecule has 110 valence electrons. The van der Waals surface area contributed by atoms with E-state index < -0.39 is 9.84 Å². The quantitative estimate of drug-likeness (QED) is 0.798. The maximum Gasteiger partial charge on any atom is 0.254 e. The number of carbonyl (C=O) groups excluding carboxylic acids is 2. The van der Waals surface area contributed by atoms with Gasteiger partial charge in [-0.2, -0.15) is 0 Å². The SMILES string of the molecule is CN(C)C(=O)CN(C)C(=O)c1ccc(S(C)(=O)=O)cc1. The summed E-state index contributed by atoms with van der Waals surface area (Å²) in [6.07, 6.45) is 1.10. The minimum atomic E-state index is -3.28. The van der Waals surface area contributed by atoms with Crippen molar-refractivity contribution in [2.75, 3.05) is 33.9 Å². The molecule has 0 fully saturated rings. The highest BCUT2D eigenvalue weighted by atomic mass is 32.2. The highest BCUT2D eigenvalue weighted by Gasteiger charge is 2.16. The van der Waals surface area contributed by atoms with Crippen molar-refractivity contribution in [3.8, 4) is 0 Å². The molecule has 1 rings (SSSR count). The molecular formula is C13H18N2O4S. The van der Waals surface area contributed by atoms with Gasteiger partial charge in [0, 0.05) is 33.0 Å². The Kier molecular flexibility index (Phi) is 4.88. The van der Waals surface area contributed by atoms with Crippen LogP contribution in [0.3, 0.4) is 0 Å². The molecule has 0 aromatic heterocycles. The maximum atomic E-state index is 12.1. The molecule has 1 aromatic carbocycles. The number of sulfone groups is 1. The molecule has 0 aliphatic heterocycles. The van der Waals surface area contributed by atoms with Crippen LogP contribution in [0.1, 0.15) is 10.4 Å². The van der Waals surface area contributed by atoms with Crippen molar-refractivity contribution in [1.82, 2.24) is 9.80 Å². The Morgan fingerprint density at radius 3 is 1.95 bits per heavy atom. The maximum absolute atomic E-state index is 12.1. The number of hydrogen-bond donors (Lipinski definition) is 0. The summed E-state index contributed by atoms with van der Waals surface area (Å²) in [7, 11) is 1.47. The summed E-state index contributed by atoms with van der Waals surface area (Å²) in [6, 6.07) is 5.64. The normalized spacial score (nSPS) is 11.0. The van der Waals surface area contributed by atoms with Crippen LogP contribution < -0.4 is 0 Å². The number of amides is 2. The molecule has 7 heteroatoms. The summed E-state index contributed by atoms with van der Waals surface area (Å²) in [5, 5.41) is 0. The first-order valence-electron chi connectivity index (χ1n) is 5.88. The highest BCUT2D eigenvalue weighted by Crippen LogP contribution is 2.11. The molecule has 0 radical (unpaired) electrons. The predicted molar refractivity (Wildman–Crippen MR) is 75.2 cm³/mol. The van der Waals surface area contributed by atoms with Gasteiger partial charge < -0.3 is 9.80 Å². The molecule has 0 saturated carbocycles. The van der Waals surface area contributed by atoms with Gasteiger partial charge in [-0.3, -0.25) is 9.59 Å². The Bertz CT molecular complexity index is 606. The van der Waals surface area contributed by atoms with E-state index in [0.717, 1.165) is 6.26 Å². The van der Waals surface area contributed by atoms with Crippen LogP contribution in [-0.2, 0) is 14.6 Å². The lowest BCUT2D eigenvalue weighted by atomic mass is 10.2. The second kappa shape index (κ2) is 6.04. The standard InChI is InChI=1S/C13H18N2O4S/c1-14(2)12(16)9-15(3)13(17)10-5-7-11(8-6-10)20(4,18)19/h5-8H,9H2,1-4H3. The fraction of sp³-hybridized carbons (Fsp3) is 0.385. The van der Waals surface area contributed by atoms with Gasteiger partial charge in [0.1, 0.15) is 0 Å². The average molecular weight is 298 g/mol. The third-order valence-corrected chi connectivity index (χ3v) is 3.88. The van der Waals surface area contributed by atoms with Crippen LogP contribution >= 0.6 is 0 Å². The monoisotopic (exact) mass is 298 g/mol. The first-order valence-corrected chi connectivity index (χ1v) is 7.78. The molecule has 0 bridgehead atoms. The van der Waals surface area contributed by atoms with Crippen LogP contribution in [0.5, 0.6) is 0 Å². The summed E-state index contributed by atoms with van der Waals surface area (Å²) in [5.74, 6) is -0.520. The first kappa shape index (κ1) is 16.2. The molecule has 6 nitrogen and oxygen atoms in total. The van der Waals surface area contributed by atoms with Gasteiger partial charge in [-0.25, -0.2) is 8.42 Å². The minimum Gasteiger partial charge on any atom is -0.347 e. The lowest BCUT2D eigenvalue weighted by Crippen LogP contribution is -2.37. The van der Waals surface area contributed by atoms with E-state index in [0.29, 0.717) is 5.56 Å². The van der Waals surface area contributed by atoms with E-state index in [1.807, 2.05) is 0 Å². The lowest BCUT2D eigenvalue weighted by molar-refractivity contribution is -0.129. The molecule has 1 aromatic rings. The number of rotatable bonds is 4. The fourth-order valence-corrected chi connectivity index (χ4v) is 2.11. The molecule has 0 unspecified atom stereocenters. The van der Waals surface area contributed by atoms with E-state index in [-0.39, 0.29) is 23.3 Å². The van der Waals surface area contributed by atoms with Crippen LogP contribution in [0.15, 0.2) is 29.2 Å². The molecule has 0 atom stereocenters. The van der Waals surface area contributed by atoms with E-state index >= 15 is 0 Å². The minimum absolute atomic E-state index is 0.0281. The summed E-state index contributed by atoms with van der Waals surface area (Å²) in [6.45, 7) is -0.0281. The summed E-state index contributed by atoms with van der Waals surface area (Å²) >= 11 is 0. The van der Waals surface area contributed by atoms with Gasteiger partial charge in [0.25, 0.3) is 5.91 Å². The number of likely N-dealkylation sites (N-methyl/N-ethyl adjacent to an activating group) is 2. The van der Waals surface area contributed by atoms with Crippen molar-refractivity contribution in [1.29, 1.82) is 0 Å². The van der Waals surface area contributed by atoms with E-state index in [9.17, 15) is 18.0 Å². The van der Waals surface area contributed by atoms with Crippen LogP contribution in [0.25, 0.3) is 0 Å². The third-order valence-electron chi connectivity index (χ3n) is 2.75. The Morgan fingerprint density at radius 1 is 1.05 bits per heavy atom. The lowest BCUT2D eigenvalue weighted by Gasteiger charge is -2.19. The van der Waals surface area contributed by atoms with Crippen LogP contribution in [0.4, 0.5) is 0 Å². The number of hydrogen-bond acceptors (Lipinski definition) is 4. The largest absolute Gasteiger partial charge is 0.347 e. The molecule has 0 saturated heterocycles. The van der Waals surface area contributed by atoms with E-state index in [1.165, 1.54) is 41.1 Å². The molecule has 0 aliphatic rings.